The zero-order valence-corrected chi connectivity index (χ0v) is 32.6. The number of hydrogen-bond donors (Lipinski definition) is 1. The van der Waals surface area contributed by atoms with Gasteiger partial charge in [-0.3, -0.25) is 9.69 Å². The van der Waals surface area contributed by atoms with Crippen LogP contribution in [0.5, 0.6) is 5.75 Å². The van der Waals surface area contributed by atoms with Crippen molar-refractivity contribution in [1.29, 1.82) is 0 Å². The first kappa shape index (κ1) is 37.2. The number of carbonyl (C=O) groups excluding carboxylic acids is 1. The van der Waals surface area contributed by atoms with Gasteiger partial charge in [-0.1, -0.05) is 67.8 Å². The van der Waals surface area contributed by atoms with E-state index >= 15 is 0 Å². The molecule has 1 aliphatic carbocycles. The first-order valence-corrected chi connectivity index (χ1v) is 21.2. The summed E-state index contributed by atoms with van der Waals surface area (Å²) in [5.74, 6) is 7.18. The SMILES string of the molecule is C=S1NC(=O)c2ccc3c(c2)N(CC(c2ccc(Cl)cc2CCC)CO3)CC2CCC2C(C2OCC(N3CC(OC)C3)CO2)CCCC(C)C1C. The smallest absolute Gasteiger partial charge is 0.260 e. The molecule has 280 valence electrons. The van der Waals surface area contributed by atoms with Crippen LogP contribution in [0, 0.1) is 23.7 Å². The number of nitrogens with one attached hydrogen (secondary N) is 1. The van der Waals surface area contributed by atoms with Crippen LogP contribution in [0.4, 0.5) is 5.69 Å². The highest BCUT2D eigenvalue weighted by atomic mass is 35.5. The molecule has 51 heavy (non-hydrogen) atoms. The van der Waals surface area contributed by atoms with Gasteiger partial charge in [0.05, 0.1) is 37.7 Å². The number of aryl methyl sites for hydroxylation is 1. The number of fused-ring (bicyclic) bond motifs is 2. The van der Waals surface area contributed by atoms with Gasteiger partial charge in [-0.25, -0.2) is 0 Å². The first-order valence-electron chi connectivity index (χ1n) is 19.4. The van der Waals surface area contributed by atoms with Gasteiger partial charge in [-0.2, -0.15) is 0 Å². The molecular weight excluding hydrogens is 682 g/mol. The van der Waals surface area contributed by atoms with Crippen LogP contribution in [0.2, 0.25) is 5.02 Å². The Bertz CT molecular complexity index is 1550. The van der Waals surface area contributed by atoms with Crippen molar-refractivity contribution in [3.05, 3.63) is 58.1 Å². The Labute approximate surface area is 312 Å². The zero-order chi connectivity index (χ0) is 35.6. The highest BCUT2D eigenvalue weighted by molar-refractivity contribution is 8.13. The van der Waals surface area contributed by atoms with Gasteiger partial charge in [-0.15, -0.1) is 0 Å². The topological polar surface area (TPSA) is 72.5 Å². The van der Waals surface area contributed by atoms with Crippen molar-refractivity contribution in [2.24, 2.45) is 23.7 Å². The Morgan fingerprint density at radius 2 is 1.78 bits per heavy atom. The molecule has 2 bridgehead atoms. The summed E-state index contributed by atoms with van der Waals surface area (Å²) in [6, 6.07) is 12.6. The molecule has 3 fully saturated rings. The van der Waals surface area contributed by atoms with E-state index in [0.29, 0.717) is 48.0 Å². The molecule has 10 heteroatoms. The highest BCUT2D eigenvalue weighted by Gasteiger charge is 2.45. The summed E-state index contributed by atoms with van der Waals surface area (Å²) >= 11 is 6.50. The van der Waals surface area contributed by atoms with E-state index in [1.54, 1.807) is 7.11 Å². The van der Waals surface area contributed by atoms with Crippen molar-refractivity contribution in [3.8, 4) is 5.75 Å². The first-order chi connectivity index (χ1) is 24.7. The number of anilines is 1. The van der Waals surface area contributed by atoms with Crippen LogP contribution in [-0.2, 0) is 20.6 Å². The normalized spacial score (nSPS) is 33.9. The molecule has 5 aliphatic rings. The minimum absolute atomic E-state index is 0.0617. The molecule has 4 heterocycles. The molecule has 7 rings (SSSR count). The second-order valence-corrected chi connectivity index (χ2v) is 18.1. The van der Waals surface area contributed by atoms with E-state index in [2.05, 4.69) is 59.4 Å². The largest absolute Gasteiger partial charge is 0.491 e. The molecule has 4 aliphatic heterocycles. The Morgan fingerprint density at radius 1 is 0.980 bits per heavy atom. The van der Waals surface area contributed by atoms with E-state index in [0.717, 1.165) is 88.0 Å². The second-order valence-electron chi connectivity index (χ2n) is 15.8. The van der Waals surface area contributed by atoms with E-state index in [-0.39, 0.29) is 23.4 Å². The van der Waals surface area contributed by atoms with Crippen LogP contribution in [0.3, 0.4) is 0 Å². The van der Waals surface area contributed by atoms with E-state index in [4.69, 9.17) is 30.5 Å². The van der Waals surface area contributed by atoms with Crippen molar-refractivity contribution in [3.63, 3.8) is 0 Å². The molecule has 1 N–H and O–H groups in total. The molecule has 7 atom stereocenters. The van der Waals surface area contributed by atoms with Gasteiger partial charge >= 0.3 is 0 Å². The average Bonchev–Trinajstić information content (AvgIpc) is 3.28. The minimum Gasteiger partial charge on any atom is -0.491 e. The number of likely N-dealkylation sites (tertiary alicyclic amines) is 1. The minimum atomic E-state index is -0.510. The fraction of sp³-hybridized carbons (Fsp3) is 0.659. The summed E-state index contributed by atoms with van der Waals surface area (Å²) in [5, 5.41) is 1.05. The molecule has 1 amide bonds. The predicted molar refractivity (Wildman–Crippen MR) is 209 cm³/mol. The summed E-state index contributed by atoms with van der Waals surface area (Å²) in [4.78, 5) is 18.6. The monoisotopic (exact) mass is 739 g/mol. The van der Waals surface area contributed by atoms with E-state index in [1.807, 2.05) is 18.2 Å². The lowest BCUT2D eigenvalue weighted by molar-refractivity contribution is -0.251. The third-order valence-corrected chi connectivity index (χ3v) is 14.7. The number of halogens is 1. The number of benzene rings is 2. The van der Waals surface area contributed by atoms with Gasteiger partial charge in [-0.05, 0) is 91.3 Å². The second kappa shape index (κ2) is 16.5. The molecule has 2 aromatic rings. The third kappa shape index (κ3) is 8.19. The van der Waals surface area contributed by atoms with Gasteiger partial charge in [0.25, 0.3) is 5.91 Å². The lowest BCUT2D eigenvalue weighted by Crippen LogP contribution is -2.61. The highest BCUT2D eigenvalue weighted by Crippen LogP contribution is 2.47. The van der Waals surface area contributed by atoms with Crippen molar-refractivity contribution in [2.45, 2.75) is 95.3 Å². The molecule has 0 radical (unpaired) electrons. The molecule has 0 spiro atoms. The molecule has 2 saturated heterocycles. The quantitative estimate of drug-likeness (QED) is 0.307. The third-order valence-electron chi connectivity index (χ3n) is 12.6. The van der Waals surface area contributed by atoms with Crippen molar-refractivity contribution in [2.75, 3.05) is 58.0 Å². The van der Waals surface area contributed by atoms with Crippen LogP contribution < -0.4 is 14.4 Å². The Balaban J connectivity index is 1.18. The van der Waals surface area contributed by atoms with Gasteiger partial charge in [0.15, 0.2) is 6.29 Å². The van der Waals surface area contributed by atoms with Crippen LogP contribution in [-0.4, -0.2) is 93.5 Å². The summed E-state index contributed by atoms with van der Waals surface area (Å²) in [7, 11) is 1.29. The van der Waals surface area contributed by atoms with Gasteiger partial charge < -0.3 is 28.6 Å². The van der Waals surface area contributed by atoms with E-state index in [9.17, 15) is 4.79 Å². The molecule has 8 nitrogen and oxygen atoms in total. The molecule has 0 aromatic heterocycles. The number of rotatable bonds is 6. The maximum absolute atomic E-state index is 13.7. The maximum Gasteiger partial charge on any atom is 0.260 e. The van der Waals surface area contributed by atoms with Crippen LogP contribution in [0.15, 0.2) is 36.4 Å². The lowest BCUT2D eigenvalue weighted by Gasteiger charge is -2.50. The average molecular weight is 740 g/mol. The van der Waals surface area contributed by atoms with E-state index in [1.165, 1.54) is 24.0 Å². The van der Waals surface area contributed by atoms with Gasteiger partial charge in [0, 0.05) is 61.0 Å². The van der Waals surface area contributed by atoms with Crippen molar-refractivity contribution >= 4 is 39.7 Å². The Morgan fingerprint density at radius 3 is 2.51 bits per heavy atom. The number of nitrogens with zero attached hydrogens (tertiary/aromatic N) is 2. The molecule has 7 unspecified atom stereocenters. The zero-order valence-electron chi connectivity index (χ0n) is 31.0. The van der Waals surface area contributed by atoms with Crippen molar-refractivity contribution < 1.29 is 23.7 Å². The summed E-state index contributed by atoms with van der Waals surface area (Å²) < 4.78 is 28.7. The number of hydrogen-bond acceptors (Lipinski definition) is 7. The lowest BCUT2D eigenvalue weighted by atomic mass is 9.65. The fourth-order valence-corrected chi connectivity index (χ4v) is 10.5. The molecule has 1 saturated carbocycles. The summed E-state index contributed by atoms with van der Waals surface area (Å²) in [6.07, 6.45) is 7.84. The maximum atomic E-state index is 13.7. The number of carbonyl (C=O) groups is 1. The Hall–Kier alpha value is -2.14. The molecular formula is C41H58ClN3O5S. The fourth-order valence-electron chi connectivity index (χ4n) is 9.02. The van der Waals surface area contributed by atoms with Crippen LogP contribution in [0.25, 0.3) is 0 Å². The number of amides is 1. The standard InChI is InChI=1S/C41H58ClN3O5S/c1-6-8-28-17-32(42)13-15-35(28)31-20-45-19-30-11-14-36(30)37(41-49-24-33(25-50-41)44-21-34(22-44)47-4)10-7-9-26(2)27(3)51(5)43-40(46)29-12-16-39(48-23-31)38(45)18-29/h12-13,15-18,26-27,30-31,33-34,36-37,41H,5-11,14,19-25H2,1-4H3,(H,43,46). The van der Waals surface area contributed by atoms with E-state index < -0.39 is 10.7 Å². The van der Waals surface area contributed by atoms with Gasteiger partial charge in [0.1, 0.15) is 5.75 Å². The molecule has 2 aromatic carbocycles. The predicted octanol–water partition coefficient (Wildman–Crippen LogP) is 7.54. The number of methoxy groups -OCH3 is 1. The Kier molecular flexibility index (Phi) is 12.0. The van der Waals surface area contributed by atoms with Crippen LogP contribution >= 0.6 is 22.3 Å². The summed E-state index contributed by atoms with van der Waals surface area (Å²) in [6.45, 7) is 12.4. The number of ether oxygens (including phenoxy) is 4. The summed E-state index contributed by atoms with van der Waals surface area (Å²) in [5.41, 5.74) is 4.27. The van der Waals surface area contributed by atoms with Crippen LogP contribution in [0.1, 0.15) is 86.7 Å². The van der Waals surface area contributed by atoms with Gasteiger partial charge in [0.2, 0.25) is 0 Å². The van der Waals surface area contributed by atoms with Crippen molar-refractivity contribution in [1.82, 2.24) is 9.62 Å².